The van der Waals surface area contributed by atoms with E-state index in [2.05, 4.69) is 19.9 Å². The van der Waals surface area contributed by atoms with E-state index >= 15 is 0 Å². The number of aromatic nitrogens is 5. The summed E-state index contributed by atoms with van der Waals surface area (Å²) in [7, 11) is 2.00. The zero-order chi connectivity index (χ0) is 16.2. The van der Waals surface area contributed by atoms with Crippen LogP contribution in [0.1, 0.15) is 30.4 Å². The summed E-state index contributed by atoms with van der Waals surface area (Å²) in [6.45, 7) is 2.21. The molecule has 1 fully saturated rings. The quantitative estimate of drug-likeness (QED) is 0.820. The minimum atomic E-state index is 0.223. The van der Waals surface area contributed by atoms with Gasteiger partial charge in [0.15, 0.2) is 5.82 Å². The van der Waals surface area contributed by atoms with Crippen molar-refractivity contribution in [3.63, 3.8) is 0 Å². The third-order valence-electron chi connectivity index (χ3n) is 4.27. The number of carbonyl (C=O) groups is 1. The van der Waals surface area contributed by atoms with Crippen molar-refractivity contribution in [2.45, 2.75) is 25.3 Å². The average molecular weight is 334 g/mol. The molecule has 0 aromatic carbocycles. The first-order valence-electron chi connectivity index (χ1n) is 7.81. The maximum atomic E-state index is 12.1. The molecule has 3 heterocycles. The first-order valence-corrected chi connectivity index (χ1v) is 9.20. The number of amides is 1. The molecular weight excluding hydrogens is 312 g/mol. The summed E-state index contributed by atoms with van der Waals surface area (Å²) >= 11 is 1.58. The Hall–Kier alpha value is -1.83. The van der Waals surface area contributed by atoms with Gasteiger partial charge in [-0.15, -0.1) is 10.2 Å². The molecule has 7 nitrogen and oxygen atoms in total. The van der Waals surface area contributed by atoms with Gasteiger partial charge in [0.05, 0.1) is 5.75 Å². The predicted molar refractivity (Wildman–Crippen MR) is 89.3 cm³/mol. The van der Waals surface area contributed by atoms with Crippen LogP contribution < -0.4 is 0 Å². The number of likely N-dealkylation sites (tertiary alicyclic amines) is 1. The van der Waals surface area contributed by atoms with Gasteiger partial charge in [-0.25, -0.2) is 0 Å². The molecule has 3 rings (SSSR count). The number of rotatable bonds is 5. The van der Waals surface area contributed by atoms with Crippen LogP contribution in [-0.2, 0) is 18.4 Å². The van der Waals surface area contributed by atoms with Crippen LogP contribution in [0.25, 0.3) is 0 Å². The number of hydrogen-bond donors (Lipinski definition) is 0. The lowest BCUT2D eigenvalue weighted by Gasteiger charge is -2.32. The Morgan fingerprint density at radius 3 is 3.04 bits per heavy atom. The Kier molecular flexibility index (Phi) is 5.00. The highest BCUT2D eigenvalue weighted by molar-refractivity contribution is 7.99. The van der Waals surface area contributed by atoms with Gasteiger partial charge in [-0.2, -0.15) is 16.9 Å². The molecule has 1 aliphatic rings. The van der Waals surface area contributed by atoms with E-state index < -0.39 is 0 Å². The number of thioether (sulfide) groups is 1. The van der Waals surface area contributed by atoms with E-state index in [-0.39, 0.29) is 11.8 Å². The fourth-order valence-corrected chi connectivity index (χ4v) is 3.47. The van der Waals surface area contributed by atoms with E-state index in [1.165, 1.54) is 0 Å². The molecule has 0 radical (unpaired) electrons. The van der Waals surface area contributed by atoms with Crippen LogP contribution in [0.2, 0.25) is 0 Å². The average Bonchev–Trinajstić information content (AvgIpc) is 3.19. The summed E-state index contributed by atoms with van der Waals surface area (Å²) in [6, 6.07) is 1.90. The van der Waals surface area contributed by atoms with Gasteiger partial charge in [0, 0.05) is 38.4 Å². The lowest BCUT2D eigenvalue weighted by Crippen LogP contribution is -2.40. The van der Waals surface area contributed by atoms with Crippen molar-refractivity contribution in [2.24, 2.45) is 7.05 Å². The number of carbonyl (C=O) groups excluding carboxylic acids is 1. The zero-order valence-corrected chi connectivity index (χ0v) is 14.4. The standard InChI is InChI=1S/C15H22N6OS/c1-19-13(10-21-8-4-6-16-21)17-18-15(19)12-5-3-7-20(9-12)14(22)11-23-2/h4,6,8,12H,3,5,7,9-11H2,1-2H3. The lowest BCUT2D eigenvalue weighted by molar-refractivity contribution is -0.129. The highest BCUT2D eigenvalue weighted by atomic mass is 32.2. The molecule has 0 saturated carbocycles. The Bertz CT molecular complexity index is 653. The van der Waals surface area contributed by atoms with Crippen molar-refractivity contribution in [3.05, 3.63) is 30.1 Å². The van der Waals surface area contributed by atoms with Gasteiger partial charge >= 0.3 is 0 Å². The van der Waals surface area contributed by atoms with Gasteiger partial charge in [-0.1, -0.05) is 0 Å². The third kappa shape index (κ3) is 3.57. The molecule has 1 atom stereocenters. The molecule has 0 bridgehead atoms. The van der Waals surface area contributed by atoms with Gasteiger partial charge in [-0.05, 0) is 25.2 Å². The molecule has 8 heteroatoms. The molecule has 1 saturated heterocycles. The smallest absolute Gasteiger partial charge is 0.232 e. The molecule has 0 aliphatic carbocycles. The van der Waals surface area contributed by atoms with Crippen LogP contribution >= 0.6 is 11.8 Å². The maximum absolute atomic E-state index is 12.1. The SMILES string of the molecule is CSCC(=O)N1CCCC(c2nnc(Cn3cccn3)n2C)C1. The van der Waals surface area contributed by atoms with E-state index in [9.17, 15) is 4.79 Å². The molecule has 1 unspecified atom stereocenters. The van der Waals surface area contributed by atoms with Crippen molar-refractivity contribution < 1.29 is 4.79 Å². The van der Waals surface area contributed by atoms with E-state index in [0.717, 1.165) is 37.6 Å². The second kappa shape index (κ2) is 7.16. The molecule has 2 aromatic heterocycles. The Labute approximate surface area is 140 Å². The number of piperidine rings is 1. The van der Waals surface area contributed by atoms with Crippen molar-refractivity contribution in [1.29, 1.82) is 0 Å². The van der Waals surface area contributed by atoms with Crippen molar-refractivity contribution >= 4 is 17.7 Å². The van der Waals surface area contributed by atoms with Gasteiger partial charge in [0.2, 0.25) is 5.91 Å². The van der Waals surface area contributed by atoms with E-state index in [0.29, 0.717) is 12.3 Å². The summed E-state index contributed by atoms with van der Waals surface area (Å²) in [5, 5.41) is 12.9. The number of nitrogens with zero attached hydrogens (tertiary/aromatic N) is 6. The van der Waals surface area contributed by atoms with Crippen molar-refractivity contribution in [2.75, 3.05) is 25.1 Å². The second-order valence-corrected chi connectivity index (χ2v) is 6.72. The topological polar surface area (TPSA) is 68.8 Å². The molecule has 1 amide bonds. The summed E-state index contributed by atoms with van der Waals surface area (Å²) < 4.78 is 3.89. The molecule has 1 aliphatic heterocycles. The maximum Gasteiger partial charge on any atom is 0.232 e. The minimum Gasteiger partial charge on any atom is -0.341 e. The van der Waals surface area contributed by atoms with Gasteiger partial charge in [0.25, 0.3) is 0 Å². The monoisotopic (exact) mass is 334 g/mol. The Balaban J connectivity index is 1.71. The van der Waals surface area contributed by atoms with Crippen LogP contribution in [-0.4, -0.2) is 60.5 Å². The second-order valence-electron chi connectivity index (χ2n) is 5.85. The predicted octanol–water partition coefficient (Wildman–Crippen LogP) is 1.13. The van der Waals surface area contributed by atoms with Gasteiger partial charge in [-0.3, -0.25) is 9.48 Å². The van der Waals surface area contributed by atoms with E-state index in [4.69, 9.17) is 0 Å². The van der Waals surface area contributed by atoms with Crippen LogP contribution in [0, 0.1) is 0 Å². The third-order valence-corrected chi connectivity index (χ3v) is 4.80. The summed E-state index contributed by atoms with van der Waals surface area (Å²) in [4.78, 5) is 14.1. The fraction of sp³-hybridized carbons (Fsp3) is 0.600. The summed E-state index contributed by atoms with van der Waals surface area (Å²) in [5.41, 5.74) is 0. The minimum absolute atomic E-state index is 0.223. The number of hydrogen-bond acceptors (Lipinski definition) is 5. The first-order chi connectivity index (χ1) is 11.2. The van der Waals surface area contributed by atoms with Gasteiger partial charge in [0.1, 0.15) is 12.4 Å². The van der Waals surface area contributed by atoms with Crippen molar-refractivity contribution in [1.82, 2.24) is 29.4 Å². The normalized spacial score (nSPS) is 18.3. The summed E-state index contributed by atoms with van der Waals surface area (Å²) in [6.07, 6.45) is 7.71. The Morgan fingerprint density at radius 1 is 1.43 bits per heavy atom. The van der Waals surface area contributed by atoms with Crippen LogP contribution in [0.15, 0.2) is 18.5 Å². The molecule has 0 spiro atoms. The molecular formula is C15H22N6OS. The lowest BCUT2D eigenvalue weighted by atomic mass is 9.97. The van der Waals surface area contributed by atoms with Crippen molar-refractivity contribution in [3.8, 4) is 0 Å². The van der Waals surface area contributed by atoms with Gasteiger partial charge < -0.3 is 9.47 Å². The largest absolute Gasteiger partial charge is 0.341 e. The molecule has 2 aromatic rings. The van der Waals surface area contributed by atoms with E-state index in [1.807, 2.05) is 35.1 Å². The Morgan fingerprint density at radius 2 is 2.30 bits per heavy atom. The molecule has 0 N–H and O–H groups in total. The van der Waals surface area contributed by atoms with Crippen LogP contribution in [0.3, 0.4) is 0 Å². The molecule has 124 valence electrons. The molecule has 23 heavy (non-hydrogen) atoms. The summed E-state index contributed by atoms with van der Waals surface area (Å²) in [5.74, 6) is 2.89. The van der Waals surface area contributed by atoms with Crippen LogP contribution in [0.5, 0.6) is 0 Å². The zero-order valence-electron chi connectivity index (χ0n) is 13.6. The fourth-order valence-electron chi connectivity index (χ4n) is 3.04. The van der Waals surface area contributed by atoms with Crippen LogP contribution in [0.4, 0.5) is 0 Å². The highest BCUT2D eigenvalue weighted by Crippen LogP contribution is 2.26. The van der Waals surface area contributed by atoms with E-state index in [1.54, 1.807) is 18.0 Å². The highest BCUT2D eigenvalue weighted by Gasteiger charge is 2.28. The first kappa shape index (κ1) is 16.0.